The topological polar surface area (TPSA) is 51.5 Å². The van der Waals surface area contributed by atoms with Gasteiger partial charge in [0.2, 0.25) is 0 Å². The van der Waals surface area contributed by atoms with Crippen LogP contribution in [0.4, 0.5) is 0 Å². The van der Waals surface area contributed by atoms with Crippen LogP contribution in [0.5, 0.6) is 0 Å². The summed E-state index contributed by atoms with van der Waals surface area (Å²) in [6.07, 6.45) is 1.77. The molecule has 0 aromatic carbocycles. The van der Waals surface area contributed by atoms with Crippen LogP contribution in [0.25, 0.3) is 0 Å². The van der Waals surface area contributed by atoms with Crippen molar-refractivity contribution in [2.75, 3.05) is 13.1 Å². The zero-order valence-corrected chi connectivity index (χ0v) is 10.8. The van der Waals surface area contributed by atoms with Gasteiger partial charge in [-0.25, -0.2) is 0 Å². The molecule has 2 N–H and O–H groups in total. The molecule has 0 saturated heterocycles. The van der Waals surface area contributed by atoms with Crippen LogP contribution in [0, 0.1) is 5.41 Å². The molecule has 0 spiro atoms. The van der Waals surface area contributed by atoms with E-state index in [9.17, 15) is 0 Å². The minimum atomic E-state index is 0.495. The molecule has 4 nitrogen and oxygen atoms in total. The van der Waals surface area contributed by atoms with Crippen LogP contribution in [0.3, 0.4) is 0 Å². The summed E-state index contributed by atoms with van der Waals surface area (Å²) in [6.45, 7) is 14.8. The molecule has 0 fully saturated rings. The first-order valence-corrected chi connectivity index (χ1v) is 5.69. The van der Waals surface area contributed by atoms with Gasteiger partial charge in [0, 0.05) is 17.8 Å². The zero-order chi connectivity index (χ0) is 13.0. The molecule has 1 aliphatic rings. The van der Waals surface area contributed by atoms with Crippen LogP contribution in [0.2, 0.25) is 0 Å². The van der Waals surface area contributed by atoms with Crippen LogP contribution < -0.4 is 5.32 Å². The average molecular weight is 232 g/mol. The molecule has 0 saturated carbocycles. The van der Waals surface area contributed by atoms with Crippen LogP contribution in [-0.2, 0) is 0 Å². The Balaban J connectivity index is 3.22. The van der Waals surface area contributed by atoms with E-state index in [1.165, 1.54) is 0 Å². The monoisotopic (exact) mass is 232 g/mol. The fourth-order valence-electron chi connectivity index (χ4n) is 1.82. The van der Waals surface area contributed by atoms with E-state index < -0.39 is 0 Å². The maximum absolute atomic E-state index is 7.87. The molecule has 17 heavy (non-hydrogen) atoms. The average Bonchev–Trinajstić information content (AvgIpc) is 2.25. The Morgan fingerprint density at radius 1 is 1.59 bits per heavy atom. The van der Waals surface area contributed by atoms with Crippen LogP contribution in [0.15, 0.2) is 41.3 Å². The SMILES string of the molecule is C=CCN1N=C(C)C(NCC)=C(C(C)=N)C1=C. The second kappa shape index (κ2) is 5.48. The first-order chi connectivity index (χ1) is 8.02. The van der Waals surface area contributed by atoms with Crippen molar-refractivity contribution in [3.05, 3.63) is 36.2 Å². The summed E-state index contributed by atoms with van der Waals surface area (Å²) in [5.41, 5.74) is 3.86. The molecule has 0 bridgehead atoms. The van der Waals surface area contributed by atoms with Gasteiger partial charge in [0.15, 0.2) is 0 Å². The van der Waals surface area contributed by atoms with Crippen LogP contribution in [-0.4, -0.2) is 29.5 Å². The van der Waals surface area contributed by atoms with Gasteiger partial charge in [0.05, 0.1) is 23.7 Å². The van der Waals surface area contributed by atoms with Crippen molar-refractivity contribution in [1.82, 2.24) is 10.3 Å². The van der Waals surface area contributed by atoms with E-state index >= 15 is 0 Å². The Hall–Kier alpha value is -1.84. The summed E-state index contributed by atoms with van der Waals surface area (Å²) in [6, 6.07) is 0. The predicted molar refractivity (Wildman–Crippen MR) is 73.3 cm³/mol. The third-order valence-electron chi connectivity index (χ3n) is 2.51. The molecule has 0 unspecified atom stereocenters. The summed E-state index contributed by atoms with van der Waals surface area (Å²) >= 11 is 0. The maximum atomic E-state index is 7.87. The van der Waals surface area contributed by atoms with E-state index in [1.54, 1.807) is 18.0 Å². The van der Waals surface area contributed by atoms with Gasteiger partial charge in [-0.3, -0.25) is 5.01 Å². The highest BCUT2D eigenvalue weighted by Gasteiger charge is 2.23. The number of hydrogen-bond donors (Lipinski definition) is 2. The van der Waals surface area contributed by atoms with Crippen LogP contribution >= 0.6 is 0 Å². The maximum Gasteiger partial charge on any atom is 0.0817 e. The lowest BCUT2D eigenvalue weighted by molar-refractivity contribution is 0.409. The lowest BCUT2D eigenvalue weighted by Crippen LogP contribution is -2.33. The molecule has 0 aromatic heterocycles. The van der Waals surface area contributed by atoms with Crippen molar-refractivity contribution in [3.8, 4) is 0 Å². The first kappa shape index (κ1) is 13.2. The number of allylic oxidation sites excluding steroid dienone is 2. The second-order valence-electron chi connectivity index (χ2n) is 3.91. The molecule has 0 radical (unpaired) electrons. The largest absolute Gasteiger partial charge is 0.383 e. The third-order valence-corrected chi connectivity index (χ3v) is 2.51. The normalized spacial score (nSPS) is 15.8. The van der Waals surface area contributed by atoms with Gasteiger partial charge in [0.1, 0.15) is 0 Å². The smallest absolute Gasteiger partial charge is 0.0817 e. The molecule has 0 aliphatic carbocycles. The van der Waals surface area contributed by atoms with Crippen molar-refractivity contribution in [3.63, 3.8) is 0 Å². The summed E-state index contributed by atoms with van der Waals surface area (Å²) in [4.78, 5) is 0. The number of hydrazone groups is 1. The van der Waals surface area contributed by atoms with Crippen molar-refractivity contribution in [2.45, 2.75) is 20.8 Å². The van der Waals surface area contributed by atoms with Gasteiger partial charge in [-0.1, -0.05) is 12.7 Å². The summed E-state index contributed by atoms with van der Waals surface area (Å²) in [5, 5.41) is 17.3. The summed E-state index contributed by atoms with van der Waals surface area (Å²) in [7, 11) is 0. The molecule has 1 heterocycles. The van der Waals surface area contributed by atoms with E-state index in [0.29, 0.717) is 12.3 Å². The highest BCUT2D eigenvalue weighted by atomic mass is 15.5. The minimum Gasteiger partial charge on any atom is -0.383 e. The van der Waals surface area contributed by atoms with Gasteiger partial charge >= 0.3 is 0 Å². The van der Waals surface area contributed by atoms with Crippen molar-refractivity contribution < 1.29 is 0 Å². The second-order valence-corrected chi connectivity index (χ2v) is 3.91. The van der Waals surface area contributed by atoms with Gasteiger partial charge in [-0.2, -0.15) is 5.10 Å². The lowest BCUT2D eigenvalue weighted by Gasteiger charge is -2.30. The third kappa shape index (κ3) is 2.64. The highest BCUT2D eigenvalue weighted by molar-refractivity contribution is 6.10. The molecule has 0 atom stereocenters. The lowest BCUT2D eigenvalue weighted by atomic mass is 10.0. The van der Waals surface area contributed by atoms with E-state index in [1.807, 2.05) is 13.8 Å². The van der Waals surface area contributed by atoms with Gasteiger partial charge in [-0.15, -0.1) is 6.58 Å². The van der Waals surface area contributed by atoms with E-state index in [0.717, 1.165) is 29.2 Å². The first-order valence-electron chi connectivity index (χ1n) is 5.69. The Labute approximate surface area is 103 Å². The van der Waals surface area contributed by atoms with Gasteiger partial charge < -0.3 is 10.7 Å². The van der Waals surface area contributed by atoms with Crippen molar-refractivity contribution in [1.29, 1.82) is 5.41 Å². The minimum absolute atomic E-state index is 0.495. The van der Waals surface area contributed by atoms with E-state index in [4.69, 9.17) is 5.41 Å². The summed E-state index contributed by atoms with van der Waals surface area (Å²) in [5.74, 6) is 0. The molecule has 92 valence electrons. The molecule has 0 aromatic rings. The standard InChI is InChI=1S/C13H20N4/c1-6-8-17-11(5)12(9(3)14)13(15-7-2)10(4)16-17/h6,14-15H,1,5,7-8H2,2-4H3. The Morgan fingerprint density at radius 2 is 2.24 bits per heavy atom. The number of nitrogens with one attached hydrogen (secondary N) is 2. The van der Waals surface area contributed by atoms with Crippen LogP contribution in [0.1, 0.15) is 20.8 Å². The Morgan fingerprint density at radius 3 is 2.71 bits per heavy atom. The fraction of sp³-hybridized carbons (Fsp3) is 0.385. The number of hydrogen-bond acceptors (Lipinski definition) is 4. The number of rotatable bonds is 5. The van der Waals surface area contributed by atoms with Gasteiger partial charge in [0.25, 0.3) is 0 Å². The van der Waals surface area contributed by atoms with Crippen molar-refractivity contribution in [2.24, 2.45) is 5.10 Å². The molecule has 1 rings (SSSR count). The predicted octanol–water partition coefficient (Wildman–Crippen LogP) is 2.28. The molecular weight excluding hydrogens is 212 g/mol. The van der Waals surface area contributed by atoms with Gasteiger partial charge in [-0.05, 0) is 20.8 Å². The molecule has 4 heteroatoms. The quantitative estimate of drug-likeness (QED) is 0.564. The molecule has 1 aliphatic heterocycles. The number of nitrogens with zero attached hydrogens (tertiary/aromatic N) is 2. The fourth-order valence-corrected chi connectivity index (χ4v) is 1.82. The van der Waals surface area contributed by atoms with E-state index in [2.05, 4.69) is 23.6 Å². The van der Waals surface area contributed by atoms with E-state index in [-0.39, 0.29) is 0 Å². The highest BCUT2D eigenvalue weighted by Crippen LogP contribution is 2.24. The molecular formula is C13H20N4. The zero-order valence-electron chi connectivity index (χ0n) is 10.8. The van der Waals surface area contributed by atoms with Crippen molar-refractivity contribution >= 4 is 11.4 Å². The Bertz CT molecular complexity index is 415. The molecule has 0 amide bonds. The Kier molecular flexibility index (Phi) is 4.26. The summed E-state index contributed by atoms with van der Waals surface area (Å²) < 4.78 is 0.